The summed E-state index contributed by atoms with van der Waals surface area (Å²) in [4.78, 5) is 11.5. The molecule has 0 unspecified atom stereocenters. The van der Waals surface area contributed by atoms with Crippen LogP contribution in [0.5, 0.6) is 5.75 Å². The van der Waals surface area contributed by atoms with E-state index < -0.39 is 33.2 Å². The SMILES string of the molecule is COC(=O)[C@@H](OS(=O)(=O)c1c(Cl)cc(Cl)cc1Cl)[C@H](O)c1ccc(OC)cc1. The quantitative estimate of drug-likeness (QED) is 0.488. The predicted molar refractivity (Wildman–Crippen MR) is 104 cm³/mol. The summed E-state index contributed by atoms with van der Waals surface area (Å²) >= 11 is 17.6. The van der Waals surface area contributed by atoms with Gasteiger partial charge in [0.25, 0.3) is 0 Å². The summed E-state index contributed by atoms with van der Waals surface area (Å²) in [5.41, 5.74) is 0.194. The van der Waals surface area contributed by atoms with Crippen LogP contribution in [0.4, 0.5) is 0 Å². The van der Waals surface area contributed by atoms with Crippen LogP contribution in [0.3, 0.4) is 0 Å². The summed E-state index contributed by atoms with van der Waals surface area (Å²) in [5, 5.41) is 10.0. The number of benzene rings is 2. The lowest BCUT2D eigenvalue weighted by Crippen LogP contribution is -2.34. The number of hydrogen-bond donors (Lipinski definition) is 1. The van der Waals surface area contributed by atoms with Crippen LogP contribution in [0.1, 0.15) is 11.7 Å². The number of methoxy groups -OCH3 is 2. The molecule has 2 aromatic carbocycles. The number of carbonyl (C=O) groups is 1. The molecule has 0 heterocycles. The third-order valence-electron chi connectivity index (χ3n) is 3.62. The molecule has 0 bridgehead atoms. The Kier molecular flexibility index (Phi) is 7.55. The molecule has 2 rings (SSSR count). The highest BCUT2D eigenvalue weighted by Crippen LogP contribution is 2.35. The summed E-state index contributed by atoms with van der Waals surface area (Å²) in [6.45, 7) is 0. The average Bonchev–Trinajstić information content (AvgIpc) is 2.64. The minimum absolute atomic E-state index is 0.108. The zero-order valence-electron chi connectivity index (χ0n) is 14.6. The molecule has 0 spiro atoms. The molecule has 0 aliphatic rings. The van der Waals surface area contributed by atoms with Gasteiger partial charge >= 0.3 is 16.1 Å². The van der Waals surface area contributed by atoms with Crippen molar-refractivity contribution in [2.75, 3.05) is 14.2 Å². The van der Waals surface area contributed by atoms with Gasteiger partial charge in [-0.25, -0.2) is 8.98 Å². The van der Waals surface area contributed by atoms with Crippen molar-refractivity contribution >= 4 is 50.9 Å². The number of esters is 1. The van der Waals surface area contributed by atoms with Crippen molar-refractivity contribution < 1.29 is 32.0 Å². The van der Waals surface area contributed by atoms with E-state index in [1.54, 1.807) is 0 Å². The van der Waals surface area contributed by atoms with Gasteiger partial charge in [-0.2, -0.15) is 8.42 Å². The van der Waals surface area contributed by atoms with E-state index in [9.17, 15) is 18.3 Å². The number of aliphatic hydroxyl groups is 1. The number of ether oxygens (including phenoxy) is 2. The minimum atomic E-state index is -4.67. The monoisotopic (exact) mass is 468 g/mol. The van der Waals surface area contributed by atoms with Crippen molar-refractivity contribution in [3.8, 4) is 5.75 Å². The lowest BCUT2D eigenvalue weighted by molar-refractivity contribution is -0.154. The molecule has 1 N–H and O–H groups in total. The lowest BCUT2D eigenvalue weighted by Gasteiger charge is -2.21. The van der Waals surface area contributed by atoms with Gasteiger partial charge in [0, 0.05) is 5.02 Å². The van der Waals surface area contributed by atoms with E-state index >= 15 is 0 Å². The van der Waals surface area contributed by atoms with Crippen LogP contribution in [0.15, 0.2) is 41.3 Å². The topological polar surface area (TPSA) is 99.1 Å². The highest BCUT2D eigenvalue weighted by atomic mass is 35.5. The van der Waals surface area contributed by atoms with Crippen LogP contribution in [0.25, 0.3) is 0 Å². The van der Waals surface area contributed by atoms with Gasteiger partial charge in [0.2, 0.25) is 6.10 Å². The Morgan fingerprint density at radius 3 is 2.04 bits per heavy atom. The Bertz CT molecular complexity index is 938. The molecule has 0 aliphatic carbocycles. The Morgan fingerprint density at radius 1 is 1.04 bits per heavy atom. The lowest BCUT2D eigenvalue weighted by atomic mass is 10.0. The Hall–Kier alpha value is -1.55. The van der Waals surface area contributed by atoms with Crippen molar-refractivity contribution in [2.24, 2.45) is 0 Å². The first kappa shape index (κ1) is 22.7. The molecule has 0 fully saturated rings. The first-order chi connectivity index (χ1) is 13.1. The highest BCUT2D eigenvalue weighted by Gasteiger charge is 2.37. The van der Waals surface area contributed by atoms with Gasteiger partial charge in [-0.1, -0.05) is 46.9 Å². The number of halogens is 3. The van der Waals surface area contributed by atoms with Crippen molar-refractivity contribution in [3.05, 3.63) is 57.0 Å². The highest BCUT2D eigenvalue weighted by molar-refractivity contribution is 7.87. The Balaban J connectivity index is 2.42. The van der Waals surface area contributed by atoms with Crippen LogP contribution in [-0.4, -0.2) is 39.8 Å². The second kappa shape index (κ2) is 9.30. The number of aliphatic hydroxyl groups excluding tert-OH is 1. The maximum absolute atomic E-state index is 12.7. The summed E-state index contributed by atoms with van der Waals surface area (Å²) in [7, 11) is -2.19. The van der Waals surface area contributed by atoms with Crippen LogP contribution in [0.2, 0.25) is 15.1 Å². The van der Waals surface area contributed by atoms with Crippen molar-refractivity contribution in [1.82, 2.24) is 0 Å². The summed E-state index contributed by atoms with van der Waals surface area (Å²) in [5.74, 6) is -0.619. The van der Waals surface area contributed by atoms with Crippen molar-refractivity contribution in [3.63, 3.8) is 0 Å². The molecular formula is C17H15Cl3O7S. The third kappa shape index (κ3) is 5.08. The van der Waals surface area contributed by atoms with Crippen molar-refractivity contribution in [2.45, 2.75) is 17.1 Å². The van der Waals surface area contributed by atoms with E-state index in [0.717, 1.165) is 19.2 Å². The molecule has 2 aromatic rings. The van der Waals surface area contributed by atoms with E-state index in [1.807, 2.05) is 0 Å². The average molecular weight is 470 g/mol. The molecule has 0 radical (unpaired) electrons. The molecule has 152 valence electrons. The molecule has 7 nitrogen and oxygen atoms in total. The van der Waals surface area contributed by atoms with Gasteiger partial charge in [0.05, 0.1) is 24.3 Å². The van der Waals surface area contributed by atoms with Gasteiger partial charge in [-0.15, -0.1) is 0 Å². The Labute approximate surface area is 176 Å². The van der Waals surface area contributed by atoms with Crippen LogP contribution in [-0.2, 0) is 23.8 Å². The van der Waals surface area contributed by atoms with Gasteiger partial charge in [0.1, 0.15) is 16.7 Å². The van der Waals surface area contributed by atoms with Crippen LogP contribution < -0.4 is 4.74 Å². The zero-order chi connectivity index (χ0) is 21.1. The van der Waals surface area contributed by atoms with Gasteiger partial charge < -0.3 is 14.6 Å². The fraction of sp³-hybridized carbons (Fsp3) is 0.235. The predicted octanol–water partition coefficient (Wildman–Crippen LogP) is 3.64. The normalized spacial score (nSPS) is 13.6. The molecule has 28 heavy (non-hydrogen) atoms. The van der Waals surface area contributed by atoms with Crippen LogP contribution >= 0.6 is 34.8 Å². The zero-order valence-corrected chi connectivity index (χ0v) is 17.6. The maximum Gasteiger partial charge on any atom is 0.339 e. The molecule has 0 amide bonds. The molecular weight excluding hydrogens is 455 g/mol. The van der Waals surface area contributed by atoms with Gasteiger partial charge in [0.15, 0.2) is 0 Å². The summed E-state index contributed by atoms with van der Waals surface area (Å²) in [6.07, 6.45) is -3.58. The van der Waals surface area contributed by atoms with Crippen LogP contribution in [0, 0.1) is 0 Å². The van der Waals surface area contributed by atoms with Gasteiger partial charge in [-0.05, 0) is 29.8 Å². The minimum Gasteiger partial charge on any atom is -0.497 e. The van der Waals surface area contributed by atoms with E-state index in [1.165, 1.54) is 31.4 Å². The fourth-order valence-corrected chi connectivity index (χ4v) is 4.80. The number of carbonyl (C=O) groups excluding carboxylic acids is 1. The second-order valence-corrected chi connectivity index (χ2v) is 8.17. The third-order valence-corrected chi connectivity index (χ3v) is 6.06. The largest absolute Gasteiger partial charge is 0.497 e. The molecule has 0 aromatic heterocycles. The van der Waals surface area contributed by atoms with E-state index in [-0.39, 0.29) is 20.6 Å². The second-order valence-electron chi connectivity index (χ2n) is 5.41. The first-order valence-electron chi connectivity index (χ1n) is 7.58. The summed E-state index contributed by atoms with van der Waals surface area (Å²) < 4.78 is 39.9. The smallest absolute Gasteiger partial charge is 0.339 e. The number of hydrogen-bond acceptors (Lipinski definition) is 7. The molecule has 2 atom stereocenters. The molecule has 11 heteroatoms. The maximum atomic E-state index is 12.7. The Morgan fingerprint density at radius 2 is 1.57 bits per heavy atom. The van der Waals surface area contributed by atoms with E-state index in [0.29, 0.717) is 5.75 Å². The molecule has 0 aliphatic heterocycles. The molecule has 0 saturated heterocycles. The summed E-state index contributed by atoms with van der Waals surface area (Å²) in [6, 6.07) is 8.23. The fourth-order valence-electron chi connectivity index (χ4n) is 2.27. The first-order valence-corrected chi connectivity index (χ1v) is 10.1. The number of rotatable bonds is 7. The van der Waals surface area contributed by atoms with E-state index in [2.05, 4.69) is 4.74 Å². The van der Waals surface area contributed by atoms with Crippen molar-refractivity contribution in [1.29, 1.82) is 0 Å². The van der Waals surface area contributed by atoms with Gasteiger partial charge in [-0.3, -0.25) is 0 Å². The standard InChI is InChI=1S/C17H15Cl3O7S/c1-25-11-5-3-9(4-6-11)14(21)15(17(22)26-2)27-28(23,24)16-12(19)7-10(18)8-13(16)20/h3-8,14-15,21H,1-2H3/t14-,15+/m1/s1. The van der Waals surface area contributed by atoms with E-state index in [4.69, 9.17) is 43.7 Å². The molecule has 0 saturated carbocycles.